The fourth-order valence-electron chi connectivity index (χ4n) is 1.07. The first-order valence-corrected chi connectivity index (χ1v) is 5.06. The van der Waals surface area contributed by atoms with Crippen LogP contribution in [0.4, 0.5) is 0 Å². The van der Waals surface area contributed by atoms with E-state index in [-0.39, 0.29) is 39.1 Å². The van der Waals surface area contributed by atoms with Gasteiger partial charge in [0.05, 0.1) is 0 Å². The fraction of sp³-hybridized carbons (Fsp3) is 0.308. The van der Waals surface area contributed by atoms with Crippen molar-refractivity contribution in [1.29, 1.82) is 0 Å². The van der Waals surface area contributed by atoms with E-state index >= 15 is 0 Å². The standard InChI is InChI=1S/C9H7.2C2H5O.Hf/c1-2-5-9-7-3-6-8(9)4-1;2*1-2-3;/h1-7H;2*2H2,1H3;/q3*-1;. The Balaban J connectivity index is 0. The van der Waals surface area contributed by atoms with Gasteiger partial charge in [0.15, 0.2) is 0 Å². The Kier molecular flexibility index (Phi) is 14.3. The molecule has 0 aliphatic heterocycles. The van der Waals surface area contributed by atoms with E-state index in [9.17, 15) is 0 Å². The average Bonchev–Trinajstić information content (AvgIpc) is 2.67. The molecule has 2 rings (SSSR count). The summed E-state index contributed by atoms with van der Waals surface area (Å²) in [6.45, 7) is 3.14. The van der Waals surface area contributed by atoms with Gasteiger partial charge in [-0.05, 0) is 0 Å². The SMILES string of the molecule is CC[O-].CC[O-].[Hf].c1ccc2[cH-]ccc2c1. The summed E-state index contributed by atoms with van der Waals surface area (Å²) in [4.78, 5) is 0. The summed E-state index contributed by atoms with van der Waals surface area (Å²) in [6, 6.07) is 14.7. The van der Waals surface area contributed by atoms with Crippen LogP contribution in [0.5, 0.6) is 0 Å². The molecule has 0 heterocycles. The van der Waals surface area contributed by atoms with Gasteiger partial charge in [-0.2, -0.15) is 17.5 Å². The summed E-state index contributed by atoms with van der Waals surface area (Å²) in [5.74, 6) is 0. The van der Waals surface area contributed by atoms with E-state index in [2.05, 4.69) is 42.5 Å². The first-order chi connectivity index (χ1) is 7.29. The van der Waals surface area contributed by atoms with Crippen LogP contribution in [-0.4, -0.2) is 13.2 Å². The third-order valence-corrected chi connectivity index (χ3v) is 1.55. The van der Waals surface area contributed by atoms with Crippen molar-refractivity contribution in [3.8, 4) is 0 Å². The Morgan fingerprint density at radius 2 is 1.50 bits per heavy atom. The van der Waals surface area contributed by atoms with Crippen molar-refractivity contribution in [3.05, 3.63) is 42.5 Å². The van der Waals surface area contributed by atoms with E-state index in [1.807, 2.05) is 0 Å². The zero-order valence-electron chi connectivity index (χ0n) is 9.77. The third kappa shape index (κ3) is 7.85. The maximum absolute atomic E-state index is 8.93. The van der Waals surface area contributed by atoms with Gasteiger partial charge in [-0.25, -0.2) is 0 Å². The molecule has 3 heteroatoms. The molecule has 0 fully saturated rings. The molecule has 0 aliphatic rings. The van der Waals surface area contributed by atoms with Crippen molar-refractivity contribution in [1.82, 2.24) is 0 Å². The maximum atomic E-state index is 8.93. The Morgan fingerprint density at radius 3 is 2.00 bits per heavy atom. The Hall–Kier alpha value is -0.380. The molecule has 0 bridgehead atoms. The monoisotopic (exact) mass is 385 g/mol. The molecule has 88 valence electrons. The van der Waals surface area contributed by atoms with Gasteiger partial charge in [0.25, 0.3) is 0 Å². The molecule has 0 spiro atoms. The second kappa shape index (κ2) is 12.7. The van der Waals surface area contributed by atoms with Crippen molar-refractivity contribution in [2.75, 3.05) is 13.2 Å². The van der Waals surface area contributed by atoms with Crippen molar-refractivity contribution < 1.29 is 36.1 Å². The molecule has 0 unspecified atom stereocenters. The molecule has 0 saturated carbocycles. The predicted molar refractivity (Wildman–Crippen MR) is 60.6 cm³/mol. The number of hydrogen-bond acceptors (Lipinski definition) is 2. The van der Waals surface area contributed by atoms with Crippen LogP contribution in [-0.2, 0) is 25.8 Å². The number of benzene rings is 1. The molecule has 0 saturated heterocycles. The molecule has 16 heavy (non-hydrogen) atoms. The molecule has 2 aromatic rings. The third-order valence-electron chi connectivity index (χ3n) is 1.55. The van der Waals surface area contributed by atoms with Crippen LogP contribution in [0.1, 0.15) is 13.8 Å². The van der Waals surface area contributed by atoms with E-state index in [1.165, 1.54) is 10.8 Å². The zero-order valence-corrected chi connectivity index (χ0v) is 13.4. The zero-order chi connectivity index (χ0) is 11.5. The smallest absolute Gasteiger partial charge is 0 e. The summed E-state index contributed by atoms with van der Waals surface area (Å²) in [6.07, 6.45) is 0. The van der Waals surface area contributed by atoms with Crippen molar-refractivity contribution in [3.63, 3.8) is 0 Å². The molecular formula is C13H17HfO2-3. The predicted octanol–water partition coefficient (Wildman–Crippen LogP) is 1.29. The van der Waals surface area contributed by atoms with Crippen LogP contribution in [0, 0.1) is 0 Å². The molecule has 0 radical (unpaired) electrons. The van der Waals surface area contributed by atoms with Crippen molar-refractivity contribution >= 4 is 10.8 Å². The van der Waals surface area contributed by atoms with Crippen molar-refractivity contribution in [2.24, 2.45) is 0 Å². The molecular weight excluding hydrogens is 367 g/mol. The van der Waals surface area contributed by atoms with E-state index in [0.717, 1.165) is 0 Å². The second-order valence-corrected chi connectivity index (χ2v) is 2.73. The first kappa shape index (κ1) is 18.0. The summed E-state index contributed by atoms with van der Waals surface area (Å²) in [5, 5.41) is 20.5. The second-order valence-electron chi connectivity index (χ2n) is 2.73. The summed E-state index contributed by atoms with van der Waals surface area (Å²) in [7, 11) is 0. The van der Waals surface area contributed by atoms with Crippen LogP contribution in [0.2, 0.25) is 0 Å². The molecule has 0 atom stereocenters. The normalized spacial score (nSPS) is 8.00. The minimum atomic E-state index is 0. The fourth-order valence-corrected chi connectivity index (χ4v) is 1.07. The van der Waals surface area contributed by atoms with E-state index in [0.29, 0.717) is 0 Å². The topological polar surface area (TPSA) is 46.1 Å². The van der Waals surface area contributed by atoms with Gasteiger partial charge in [0, 0.05) is 25.8 Å². The molecule has 0 aromatic heterocycles. The van der Waals surface area contributed by atoms with Gasteiger partial charge in [-0.1, -0.05) is 19.9 Å². The number of rotatable bonds is 0. The number of hydrogen-bond donors (Lipinski definition) is 0. The first-order valence-electron chi connectivity index (χ1n) is 5.06. The van der Waals surface area contributed by atoms with E-state index < -0.39 is 0 Å². The van der Waals surface area contributed by atoms with Crippen LogP contribution in [0.15, 0.2) is 42.5 Å². The maximum Gasteiger partial charge on any atom is 0 e. The van der Waals surface area contributed by atoms with Gasteiger partial charge in [0.1, 0.15) is 0 Å². The minimum absolute atomic E-state index is 0. The molecule has 2 nitrogen and oxygen atoms in total. The van der Waals surface area contributed by atoms with E-state index in [4.69, 9.17) is 10.2 Å². The quantitative estimate of drug-likeness (QED) is 0.508. The molecule has 0 N–H and O–H groups in total. The minimum Gasteiger partial charge on any atom is -0.855 e. The Bertz CT molecular complexity index is 312. The summed E-state index contributed by atoms with van der Waals surface area (Å²) in [5.41, 5.74) is 0. The molecule has 0 aliphatic carbocycles. The van der Waals surface area contributed by atoms with Gasteiger partial charge < -0.3 is 10.2 Å². The van der Waals surface area contributed by atoms with Gasteiger partial charge in [-0.15, -0.1) is 42.9 Å². The number of fused-ring (bicyclic) bond motifs is 1. The van der Waals surface area contributed by atoms with Gasteiger partial charge in [-0.3, -0.25) is 0 Å². The van der Waals surface area contributed by atoms with Crippen LogP contribution < -0.4 is 10.2 Å². The van der Waals surface area contributed by atoms with E-state index in [1.54, 1.807) is 13.8 Å². The molecule has 2 aromatic carbocycles. The van der Waals surface area contributed by atoms with Crippen molar-refractivity contribution in [2.45, 2.75) is 13.8 Å². The summed E-state index contributed by atoms with van der Waals surface area (Å²) >= 11 is 0. The Labute approximate surface area is 116 Å². The average molecular weight is 384 g/mol. The Morgan fingerprint density at radius 1 is 1.00 bits per heavy atom. The van der Waals surface area contributed by atoms with Crippen LogP contribution in [0.25, 0.3) is 10.8 Å². The van der Waals surface area contributed by atoms with Crippen LogP contribution in [0.3, 0.4) is 0 Å². The summed E-state index contributed by atoms with van der Waals surface area (Å²) < 4.78 is 0. The molecule has 0 amide bonds. The van der Waals surface area contributed by atoms with Gasteiger partial charge in [0.2, 0.25) is 0 Å². The van der Waals surface area contributed by atoms with Crippen LogP contribution >= 0.6 is 0 Å². The largest absolute Gasteiger partial charge is 0.855 e. The van der Waals surface area contributed by atoms with Gasteiger partial charge >= 0.3 is 0 Å².